The van der Waals surface area contributed by atoms with Crippen LogP contribution < -0.4 is 0 Å². The van der Waals surface area contributed by atoms with Crippen LogP contribution in [0.1, 0.15) is 53.1 Å². The van der Waals surface area contributed by atoms with Gasteiger partial charge in [0.2, 0.25) is 0 Å². The van der Waals surface area contributed by atoms with Crippen LogP contribution in [0.5, 0.6) is 0 Å². The van der Waals surface area contributed by atoms with Crippen LogP contribution in [0.25, 0.3) is 5.78 Å². The number of aromatic nitrogens is 4. The van der Waals surface area contributed by atoms with E-state index in [0.717, 1.165) is 36.3 Å². The van der Waals surface area contributed by atoms with Crippen molar-refractivity contribution in [2.45, 2.75) is 38.5 Å². The molecule has 0 radical (unpaired) electrons. The number of Topliss-reactive ketones (excluding diaryl/α,β-unsaturated/α-hetero) is 1. The van der Waals surface area contributed by atoms with Gasteiger partial charge in [-0.25, -0.2) is 9.50 Å². The highest BCUT2D eigenvalue weighted by molar-refractivity contribution is 6.30. The number of aryl methyl sites for hydroxylation is 1. The molecular formula is C18H17ClN4O. The van der Waals surface area contributed by atoms with Gasteiger partial charge in [-0.2, -0.15) is 4.98 Å². The molecule has 1 unspecified atom stereocenters. The minimum Gasteiger partial charge on any atom is -0.294 e. The molecule has 5 nitrogen and oxygen atoms in total. The molecule has 1 aromatic carbocycles. The molecule has 24 heavy (non-hydrogen) atoms. The van der Waals surface area contributed by atoms with E-state index in [4.69, 9.17) is 11.6 Å². The fourth-order valence-corrected chi connectivity index (χ4v) is 3.35. The lowest BCUT2D eigenvalue weighted by Crippen LogP contribution is -2.21. The van der Waals surface area contributed by atoms with Crippen LogP contribution in [-0.2, 0) is 12.8 Å². The molecule has 3 aromatic rings. The van der Waals surface area contributed by atoms with Crippen LogP contribution in [-0.4, -0.2) is 25.4 Å². The zero-order chi connectivity index (χ0) is 16.7. The predicted molar refractivity (Wildman–Crippen MR) is 91.6 cm³/mol. The topological polar surface area (TPSA) is 60.1 Å². The number of ketones is 1. The van der Waals surface area contributed by atoms with E-state index >= 15 is 0 Å². The van der Waals surface area contributed by atoms with Crippen molar-refractivity contribution in [2.75, 3.05) is 0 Å². The molecule has 1 atom stereocenters. The quantitative estimate of drug-likeness (QED) is 0.730. The Balaban J connectivity index is 1.72. The summed E-state index contributed by atoms with van der Waals surface area (Å²) in [6.07, 6.45) is 4.79. The van der Waals surface area contributed by atoms with Gasteiger partial charge in [-0.1, -0.05) is 30.7 Å². The maximum absolute atomic E-state index is 12.6. The van der Waals surface area contributed by atoms with Crippen LogP contribution in [0.15, 0.2) is 30.5 Å². The van der Waals surface area contributed by atoms with E-state index in [2.05, 4.69) is 22.0 Å². The molecule has 0 amide bonds. The third kappa shape index (κ3) is 2.69. The van der Waals surface area contributed by atoms with Gasteiger partial charge in [-0.05, 0) is 36.5 Å². The number of fused-ring (bicyclic) bond motifs is 2. The fraction of sp³-hybridized carbons (Fsp3) is 0.333. The number of rotatable bonds is 3. The molecule has 122 valence electrons. The molecule has 6 heteroatoms. The Labute approximate surface area is 144 Å². The second-order valence-corrected chi connectivity index (χ2v) is 6.64. The van der Waals surface area contributed by atoms with E-state index in [1.54, 1.807) is 10.7 Å². The molecular weight excluding hydrogens is 324 g/mol. The zero-order valence-electron chi connectivity index (χ0n) is 13.4. The van der Waals surface area contributed by atoms with E-state index in [1.807, 2.05) is 24.3 Å². The highest BCUT2D eigenvalue weighted by Gasteiger charge is 2.28. The number of carbonyl (C=O) groups is 1. The van der Waals surface area contributed by atoms with Crippen molar-refractivity contribution in [1.82, 2.24) is 19.6 Å². The number of carbonyl (C=O) groups excluding carboxylic acids is 1. The first kappa shape index (κ1) is 15.3. The summed E-state index contributed by atoms with van der Waals surface area (Å²) in [6, 6.07) is 7.70. The van der Waals surface area contributed by atoms with Gasteiger partial charge in [0, 0.05) is 24.1 Å². The minimum absolute atomic E-state index is 0.109. The van der Waals surface area contributed by atoms with Crippen molar-refractivity contribution >= 4 is 23.2 Å². The van der Waals surface area contributed by atoms with Crippen LogP contribution >= 0.6 is 11.6 Å². The zero-order valence-corrected chi connectivity index (χ0v) is 14.1. The van der Waals surface area contributed by atoms with Crippen molar-refractivity contribution in [3.05, 3.63) is 58.1 Å². The average molecular weight is 341 g/mol. The second kappa shape index (κ2) is 5.98. The highest BCUT2D eigenvalue weighted by Crippen LogP contribution is 2.32. The molecule has 0 saturated heterocycles. The Hall–Kier alpha value is -2.27. The molecule has 2 heterocycles. The first-order valence-corrected chi connectivity index (χ1v) is 8.55. The Kier molecular flexibility index (Phi) is 3.81. The van der Waals surface area contributed by atoms with Crippen molar-refractivity contribution in [3.63, 3.8) is 0 Å². The Morgan fingerprint density at radius 2 is 2.00 bits per heavy atom. The van der Waals surface area contributed by atoms with E-state index < -0.39 is 0 Å². The standard InChI is InChI=1S/C18H17ClN4O/c1-2-3-17-21-18-20-15-8-12(11-4-6-13(19)7-5-11)9-16(24)14(15)10-23(18)22-17/h4-7,10,12H,2-3,8-9H2,1H3. The number of hydrogen-bond donors (Lipinski definition) is 0. The van der Waals surface area contributed by atoms with Gasteiger partial charge < -0.3 is 0 Å². The smallest absolute Gasteiger partial charge is 0.252 e. The largest absolute Gasteiger partial charge is 0.294 e. The van der Waals surface area contributed by atoms with Gasteiger partial charge in [0.15, 0.2) is 11.6 Å². The number of hydrogen-bond acceptors (Lipinski definition) is 4. The summed E-state index contributed by atoms with van der Waals surface area (Å²) in [7, 11) is 0. The lowest BCUT2D eigenvalue weighted by atomic mass is 9.82. The number of nitrogens with zero attached hydrogens (tertiary/aromatic N) is 4. The third-order valence-electron chi connectivity index (χ3n) is 4.44. The summed E-state index contributed by atoms with van der Waals surface area (Å²) in [4.78, 5) is 21.6. The van der Waals surface area contributed by atoms with E-state index in [0.29, 0.717) is 22.8 Å². The number of halogens is 1. The molecule has 0 bridgehead atoms. The average Bonchev–Trinajstić information content (AvgIpc) is 2.95. The predicted octanol–water partition coefficient (Wildman–Crippen LogP) is 3.64. The van der Waals surface area contributed by atoms with Crippen molar-refractivity contribution in [1.29, 1.82) is 0 Å². The monoisotopic (exact) mass is 340 g/mol. The number of benzene rings is 1. The van der Waals surface area contributed by atoms with Gasteiger partial charge in [-0.3, -0.25) is 4.79 Å². The molecule has 0 fully saturated rings. The molecule has 1 aliphatic carbocycles. The molecule has 0 saturated carbocycles. The molecule has 1 aliphatic rings. The fourth-order valence-electron chi connectivity index (χ4n) is 3.23. The SMILES string of the molecule is CCCc1nc2nc3c(cn2n1)C(=O)CC(c1ccc(Cl)cc1)C3. The molecule has 2 aromatic heterocycles. The Bertz CT molecular complexity index is 917. The normalized spacial score (nSPS) is 17.2. The van der Waals surface area contributed by atoms with Crippen LogP contribution in [0.2, 0.25) is 5.02 Å². The molecule has 0 N–H and O–H groups in total. The van der Waals surface area contributed by atoms with E-state index in [1.165, 1.54) is 0 Å². The summed E-state index contributed by atoms with van der Waals surface area (Å²) in [5.74, 6) is 1.59. The van der Waals surface area contributed by atoms with E-state index in [9.17, 15) is 4.79 Å². The van der Waals surface area contributed by atoms with Gasteiger partial charge in [0.1, 0.15) is 0 Å². The van der Waals surface area contributed by atoms with Gasteiger partial charge >= 0.3 is 0 Å². The summed E-state index contributed by atoms with van der Waals surface area (Å²) in [5.41, 5.74) is 2.60. The van der Waals surface area contributed by atoms with Crippen LogP contribution in [0.3, 0.4) is 0 Å². The lowest BCUT2D eigenvalue weighted by Gasteiger charge is -2.23. The van der Waals surface area contributed by atoms with Crippen LogP contribution in [0.4, 0.5) is 0 Å². The van der Waals surface area contributed by atoms with Crippen LogP contribution in [0, 0.1) is 0 Å². The second-order valence-electron chi connectivity index (χ2n) is 6.20. The minimum atomic E-state index is 0.109. The molecule has 4 rings (SSSR count). The Morgan fingerprint density at radius 1 is 1.21 bits per heavy atom. The van der Waals surface area contributed by atoms with Gasteiger partial charge in [0.05, 0.1) is 11.3 Å². The van der Waals surface area contributed by atoms with Crippen molar-refractivity contribution < 1.29 is 4.79 Å². The van der Waals surface area contributed by atoms with E-state index in [-0.39, 0.29) is 11.7 Å². The maximum atomic E-state index is 12.6. The van der Waals surface area contributed by atoms with Gasteiger partial charge in [0.25, 0.3) is 5.78 Å². The van der Waals surface area contributed by atoms with Gasteiger partial charge in [-0.15, -0.1) is 5.10 Å². The highest BCUT2D eigenvalue weighted by atomic mass is 35.5. The van der Waals surface area contributed by atoms with Crippen molar-refractivity contribution in [2.24, 2.45) is 0 Å². The Morgan fingerprint density at radius 3 is 2.75 bits per heavy atom. The maximum Gasteiger partial charge on any atom is 0.252 e. The first-order valence-electron chi connectivity index (χ1n) is 8.18. The summed E-state index contributed by atoms with van der Waals surface area (Å²) in [5, 5.41) is 5.11. The third-order valence-corrected chi connectivity index (χ3v) is 4.69. The molecule has 0 spiro atoms. The summed E-state index contributed by atoms with van der Waals surface area (Å²) in [6.45, 7) is 2.09. The molecule has 0 aliphatic heterocycles. The summed E-state index contributed by atoms with van der Waals surface area (Å²) >= 11 is 5.96. The van der Waals surface area contributed by atoms with Crippen molar-refractivity contribution in [3.8, 4) is 0 Å². The summed E-state index contributed by atoms with van der Waals surface area (Å²) < 4.78 is 1.63. The first-order chi connectivity index (χ1) is 11.6. The lowest BCUT2D eigenvalue weighted by molar-refractivity contribution is 0.0962.